The monoisotopic (exact) mass is 298 g/mol. The molecule has 21 heavy (non-hydrogen) atoms. The maximum atomic E-state index is 12.8. The van der Waals surface area contributed by atoms with Crippen molar-refractivity contribution in [3.8, 4) is 0 Å². The Morgan fingerprint density at radius 3 is 2.52 bits per heavy atom. The molecule has 2 aromatic heterocycles. The second-order valence-electron chi connectivity index (χ2n) is 5.35. The summed E-state index contributed by atoms with van der Waals surface area (Å²) in [5, 5.41) is 0.944. The predicted molar refractivity (Wildman–Crippen MR) is 80.7 cm³/mol. The van der Waals surface area contributed by atoms with Crippen molar-refractivity contribution in [2.24, 2.45) is 0 Å². The summed E-state index contributed by atoms with van der Waals surface area (Å²) in [5.41, 5.74) is 1.61. The van der Waals surface area contributed by atoms with Crippen LogP contribution in [0.4, 0.5) is 0 Å². The van der Waals surface area contributed by atoms with E-state index in [-0.39, 0.29) is 4.90 Å². The zero-order valence-corrected chi connectivity index (χ0v) is 12.1. The van der Waals surface area contributed by atoms with E-state index in [9.17, 15) is 8.42 Å². The Morgan fingerprint density at radius 1 is 1.05 bits per heavy atom. The van der Waals surface area contributed by atoms with Crippen molar-refractivity contribution in [3.63, 3.8) is 0 Å². The number of pyridine rings is 1. The lowest BCUT2D eigenvalue weighted by molar-refractivity contribution is 0.588. The Labute approximate surface area is 123 Å². The van der Waals surface area contributed by atoms with Gasteiger partial charge in [-0.2, -0.15) is 0 Å². The number of hydrogen-bond acceptors (Lipinski definition) is 3. The van der Waals surface area contributed by atoms with Gasteiger partial charge in [-0.15, -0.1) is 0 Å². The van der Waals surface area contributed by atoms with Crippen LogP contribution in [0.15, 0.2) is 59.8 Å². The highest BCUT2D eigenvalue weighted by Crippen LogP contribution is 2.44. The lowest BCUT2D eigenvalue weighted by atomic mass is 10.1. The number of fused-ring (bicyclic) bond motifs is 1. The summed E-state index contributed by atoms with van der Waals surface area (Å²) >= 11 is 0. The van der Waals surface area contributed by atoms with Crippen molar-refractivity contribution in [1.29, 1.82) is 0 Å². The zero-order chi connectivity index (χ0) is 14.4. The minimum atomic E-state index is -3.60. The molecule has 3 aromatic rings. The molecule has 0 spiro atoms. The van der Waals surface area contributed by atoms with E-state index in [2.05, 4.69) is 4.98 Å². The van der Waals surface area contributed by atoms with E-state index in [1.807, 2.05) is 12.1 Å². The van der Waals surface area contributed by atoms with Crippen molar-refractivity contribution in [1.82, 2.24) is 8.96 Å². The Hall–Kier alpha value is -2.14. The summed E-state index contributed by atoms with van der Waals surface area (Å²) in [6.45, 7) is 0. The van der Waals surface area contributed by atoms with Gasteiger partial charge in [0.05, 0.1) is 4.90 Å². The number of nitrogens with zero attached hydrogens (tertiary/aromatic N) is 2. The van der Waals surface area contributed by atoms with Crippen LogP contribution in [0, 0.1) is 0 Å². The van der Waals surface area contributed by atoms with Crippen LogP contribution in [0.25, 0.3) is 11.0 Å². The first-order valence-corrected chi connectivity index (χ1v) is 8.38. The molecule has 2 heterocycles. The van der Waals surface area contributed by atoms with E-state index in [0.717, 1.165) is 23.8 Å². The first-order valence-electron chi connectivity index (χ1n) is 6.94. The highest BCUT2D eigenvalue weighted by Gasteiger charge is 2.30. The molecule has 106 valence electrons. The smallest absolute Gasteiger partial charge is 0.237 e. The van der Waals surface area contributed by atoms with Crippen LogP contribution < -0.4 is 0 Å². The molecule has 1 aliphatic carbocycles. The van der Waals surface area contributed by atoms with Gasteiger partial charge >= 0.3 is 0 Å². The number of benzene rings is 1. The van der Waals surface area contributed by atoms with Gasteiger partial charge in [-0.1, -0.05) is 18.2 Å². The maximum absolute atomic E-state index is 12.8. The number of aromatic nitrogens is 2. The molecule has 0 radical (unpaired) electrons. The summed E-state index contributed by atoms with van der Waals surface area (Å²) in [4.78, 5) is 4.57. The van der Waals surface area contributed by atoms with Crippen molar-refractivity contribution in [2.75, 3.05) is 0 Å². The SMILES string of the molecule is O=S(=O)(c1ccccc1)n1cc(C2CC2)c2cccnc21. The minimum absolute atomic E-state index is 0.287. The fourth-order valence-corrected chi connectivity index (χ4v) is 4.02. The second-order valence-corrected chi connectivity index (χ2v) is 7.16. The fourth-order valence-electron chi connectivity index (χ4n) is 2.66. The van der Waals surface area contributed by atoms with Gasteiger partial charge in [0.25, 0.3) is 10.0 Å². The van der Waals surface area contributed by atoms with Gasteiger partial charge in [-0.05, 0) is 48.6 Å². The average Bonchev–Trinajstić information content (AvgIpc) is 3.28. The molecule has 0 saturated heterocycles. The Balaban J connectivity index is 1.99. The molecule has 4 nitrogen and oxygen atoms in total. The van der Waals surface area contributed by atoms with Crippen molar-refractivity contribution in [3.05, 3.63) is 60.4 Å². The summed E-state index contributed by atoms with van der Waals surface area (Å²) in [6, 6.07) is 12.3. The van der Waals surface area contributed by atoms with E-state index in [1.165, 1.54) is 3.97 Å². The topological polar surface area (TPSA) is 52.0 Å². The van der Waals surface area contributed by atoms with Crippen LogP contribution in [-0.2, 0) is 10.0 Å². The van der Waals surface area contributed by atoms with Gasteiger partial charge in [0.1, 0.15) is 0 Å². The third-order valence-corrected chi connectivity index (χ3v) is 5.54. The summed E-state index contributed by atoms with van der Waals surface area (Å²) < 4.78 is 27.0. The minimum Gasteiger partial charge on any atom is -0.237 e. The molecule has 1 aliphatic rings. The standard InChI is InChI=1S/C16H14N2O2S/c19-21(20,13-5-2-1-3-6-13)18-11-15(12-8-9-12)14-7-4-10-17-16(14)18/h1-7,10-12H,8-9H2. The predicted octanol–water partition coefficient (Wildman–Crippen LogP) is 3.15. The Morgan fingerprint density at radius 2 is 1.81 bits per heavy atom. The van der Waals surface area contributed by atoms with Crippen LogP contribution >= 0.6 is 0 Å². The molecule has 1 saturated carbocycles. The molecule has 5 heteroatoms. The Bertz CT molecular complexity index is 910. The second kappa shape index (κ2) is 4.43. The molecule has 1 fully saturated rings. The van der Waals surface area contributed by atoms with Crippen LogP contribution in [-0.4, -0.2) is 17.4 Å². The molecule has 0 bridgehead atoms. The van der Waals surface area contributed by atoms with Crippen molar-refractivity contribution < 1.29 is 8.42 Å². The molecule has 0 N–H and O–H groups in total. The van der Waals surface area contributed by atoms with Gasteiger partial charge in [0, 0.05) is 17.8 Å². The largest absolute Gasteiger partial charge is 0.269 e. The summed E-state index contributed by atoms with van der Waals surface area (Å²) in [5.74, 6) is 0.476. The first-order chi connectivity index (χ1) is 10.2. The van der Waals surface area contributed by atoms with Gasteiger partial charge in [0.2, 0.25) is 0 Å². The average molecular weight is 298 g/mol. The van der Waals surface area contributed by atoms with Gasteiger partial charge in [-0.25, -0.2) is 17.4 Å². The van der Waals surface area contributed by atoms with Gasteiger partial charge in [0.15, 0.2) is 5.65 Å². The Kier molecular flexibility index (Phi) is 2.65. The van der Waals surface area contributed by atoms with E-state index < -0.39 is 10.0 Å². The van der Waals surface area contributed by atoms with E-state index in [0.29, 0.717) is 11.6 Å². The van der Waals surface area contributed by atoms with Crippen LogP contribution in [0.5, 0.6) is 0 Å². The number of hydrogen-bond donors (Lipinski definition) is 0. The van der Waals surface area contributed by atoms with Gasteiger partial charge in [-0.3, -0.25) is 0 Å². The lowest BCUT2D eigenvalue weighted by Crippen LogP contribution is -2.12. The molecular weight excluding hydrogens is 284 g/mol. The molecule has 1 aromatic carbocycles. The normalized spacial score (nSPS) is 15.4. The van der Waals surface area contributed by atoms with Crippen LogP contribution in [0.1, 0.15) is 24.3 Å². The first kappa shape index (κ1) is 12.6. The lowest BCUT2D eigenvalue weighted by Gasteiger charge is -2.06. The molecule has 0 unspecified atom stereocenters. The van der Waals surface area contributed by atoms with E-state index in [1.54, 1.807) is 42.7 Å². The molecule has 4 rings (SSSR count). The highest BCUT2D eigenvalue weighted by molar-refractivity contribution is 7.90. The van der Waals surface area contributed by atoms with Crippen molar-refractivity contribution >= 4 is 21.1 Å². The number of rotatable bonds is 3. The van der Waals surface area contributed by atoms with Crippen molar-refractivity contribution in [2.45, 2.75) is 23.7 Å². The quantitative estimate of drug-likeness (QED) is 0.746. The zero-order valence-electron chi connectivity index (χ0n) is 11.3. The highest BCUT2D eigenvalue weighted by atomic mass is 32.2. The third-order valence-electron chi connectivity index (χ3n) is 3.88. The molecular formula is C16H14N2O2S. The van der Waals surface area contributed by atoms with E-state index >= 15 is 0 Å². The van der Waals surface area contributed by atoms with E-state index in [4.69, 9.17) is 0 Å². The van der Waals surface area contributed by atoms with Crippen LogP contribution in [0.3, 0.4) is 0 Å². The summed E-state index contributed by atoms with van der Waals surface area (Å²) in [6.07, 6.45) is 5.63. The van der Waals surface area contributed by atoms with Crippen LogP contribution in [0.2, 0.25) is 0 Å². The maximum Gasteiger partial charge on any atom is 0.269 e. The fraction of sp³-hybridized carbons (Fsp3) is 0.188. The molecule has 0 amide bonds. The van der Waals surface area contributed by atoms with Gasteiger partial charge < -0.3 is 0 Å². The third kappa shape index (κ3) is 1.96. The summed E-state index contributed by atoms with van der Waals surface area (Å²) in [7, 11) is -3.60. The molecule has 0 atom stereocenters. The molecule has 0 aliphatic heterocycles.